The summed E-state index contributed by atoms with van der Waals surface area (Å²) >= 11 is 6.07. The Morgan fingerprint density at radius 2 is 2.05 bits per heavy atom. The van der Waals surface area contributed by atoms with Crippen molar-refractivity contribution in [2.45, 2.75) is 13.5 Å². The number of carbonyl (C=O) groups excluding carboxylic acids is 1. The number of halogens is 1. The Morgan fingerprint density at radius 1 is 1.26 bits per heavy atom. The molecule has 2 rings (SSSR count). The molecule has 0 radical (unpaired) electrons. The number of benzene rings is 2. The van der Waals surface area contributed by atoms with E-state index in [0.29, 0.717) is 22.8 Å². The van der Waals surface area contributed by atoms with Crippen LogP contribution >= 0.6 is 11.6 Å². The fraction of sp³-hybridized carbons (Fsp3) is 0.133. The summed E-state index contributed by atoms with van der Waals surface area (Å²) in [6.07, 6.45) is 0. The van der Waals surface area contributed by atoms with Gasteiger partial charge in [-0.25, -0.2) is 0 Å². The molecule has 3 N–H and O–H groups in total. The highest BCUT2D eigenvalue weighted by molar-refractivity contribution is 6.34. The van der Waals surface area contributed by atoms with Crippen LogP contribution in [-0.4, -0.2) is 5.91 Å². The van der Waals surface area contributed by atoms with Crippen LogP contribution in [0, 0.1) is 6.92 Å². The molecule has 0 heterocycles. The van der Waals surface area contributed by atoms with Crippen LogP contribution in [0.25, 0.3) is 0 Å². The van der Waals surface area contributed by atoms with Crippen LogP contribution in [0.15, 0.2) is 42.5 Å². The first kappa shape index (κ1) is 13.6. The molecule has 19 heavy (non-hydrogen) atoms. The van der Waals surface area contributed by atoms with Crippen LogP contribution in [0.2, 0.25) is 5.02 Å². The lowest BCUT2D eigenvalue weighted by Gasteiger charge is -2.08. The maximum absolute atomic E-state index is 12.1. The van der Waals surface area contributed by atoms with Crippen LogP contribution in [0.5, 0.6) is 0 Å². The molecular formula is C15H15ClN2O. The number of aryl methyl sites for hydroxylation is 1. The average molecular weight is 275 g/mol. The summed E-state index contributed by atoms with van der Waals surface area (Å²) in [5, 5.41) is 3.27. The van der Waals surface area contributed by atoms with Crippen LogP contribution in [0.4, 0.5) is 5.69 Å². The molecule has 3 nitrogen and oxygen atoms in total. The highest BCUT2D eigenvalue weighted by atomic mass is 35.5. The van der Waals surface area contributed by atoms with Crippen LogP contribution in [-0.2, 0) is 6.54 Å². The smallest absolute Gasteiger partial charge is 0.257 e. The van der Waals surface area contributed by atoms with Gasteiger partial charge in [0, 0.05) is 12.2 Å². The Morgan fingerprint density at radius 3 is 2.74 bits per heavy atom. The lowest BCUT2D eigenvalue weighted by molar-refractivity contribution is 0.102. The largest absolute Gasteiger partial charge is 0.326 e. The maximum atomic E-state index is 12.1. The van der Waals surface area contributed by atoms with E-state index in [-0.39, 0.29) is 5.91 Å². The summed E-state index contributed by atoms with van der Waals surface area (Å²) < 4.78 is 0. The van der Waals surface area contributed by atoms with Crippen molar-refractivity contribution in [3.05, 3.63) is 64.2 Å². The van der Waals surface area contributed by atoms with Crippen molar-refractivity contribution >= 4 is 23.2 Å². The van der Waals surface area contributed by atoms with Crippen molar-refractivity contribution in [3.8, 4) is 0 Å². The SMILES string of the molecule is Cc1ccc(C(=O)Nc2cccc(CN)c2)c(Cl)c1. The Bertz CT molecular complexity index is 611. The minimum absolute atomic E-state index is 0.223. The van der Waals surface area contributed by atoms with E-state index in [4.69, 9.17) is 17.3 Å². The fourth-order valence-electron chi connectivity index (χ4n) is 1.78. The van der Waals surface area contributed by atoms with E-state index in [1.54, 1.807) is 12.1 Å². The molecule has 2 aromatic rings. The van der Waals surface area contributed by atoms with Gasteiger partial charge in [-0.1, -0.05) is 29.8 Å². The van der Waals surface area contributed by atoms with Crippen molar-refractivity contribution in [2.24, 2.45) is 5.73 Å². The zero-order chi connectivity index (χ0) is 13.8. The lowest BCUT2D eigenvalue weighted by atomic mass is 10.1. The molecule has 0 bridgehead atoms. The second kappa shape index (κ2) is 5.87. The van der Waals surface area contributed by atoms with E-state index in [2.05, 4.69) is 5.32 Å². The number of anilines is 1. The molecule has 98 valence electrons. The molecule has 0 unspecified atom stereocenters. The third kappa shape index (κ3) is 3.34. The molecule has 0 aromatic heterocycles. The van der Waals surface area contributed by atoms with Gasteiger partial charge in [-0.2, -0.15) is 0 Å². The van der Waals surface area contributed by atoms with E-state index in [1.165, 1.54) is 0 Å². The average Bonchev–Trinajstić information content (AvgIpc) is 2.38. The van der Waals surface area contributed by atoms with Crippen molar-refractivity contribution in [3.63, 3.8) is 0 Å². The number of hydrogen-bond donors (Lipinski definition) is 2. The Kier molecular flexibility index (Phi) is 4.20. The molecule has 0 fully saturated rings. The second-order valence-corrected chi connectivity index (χ2v) is 4.75. The maximum Gasteiger partial charge on any atom is 0.257 e. The molecule has 0 aliphatic rings. The molecule has 0 spiro atoms. The fourth-order valence-corrected chi connectivity index (χ4v) is 2.10. The van der Waals surface area contributed by atoms with E-state index < -0.39 is 0 Å². The van der Waals surface area contributed by atoms with Gasteiger partial charge in [0.25, 0.3) is 5.91 Å². The summed E-state index contributed by atoms with van der Waals surface area (Å²) in [6.45, 7) is 2.37. The zero-order valence-corrected chi connectivity index (χ0v) is 11.4. The topological polar surface area (TPSA) is 55.1 Å². The number of hydrogen-bond acceptors (Lipinski definition) is 2. The van der Waals surface area contributed by atoms with E-state index in [0.717, 1.165) is 11.1 Å². The molecular weight excluding hydrogens is 260 g/mol. The molecule has 0 saturated carbocycles. The molecule has 0 saturated heterocycles. The van der Waals surface area contributed by atoms with Gasteiger partial charge in [0.05, 0.1) is 10.6 Å². The molecule has 0 atom stereocenters. The third-order valence-electron chi connectivity index (χ3n) is 2.79. The second-order valence-electron chi connectivity index (χ2n) is 4.34. The standard InChI is InChI=1S/C15H15ClN2O/c1-10-5-6-13(14(16)7-10)15(19)18-12-4-2-3-11(8-12)9-17/h2-8H,9,17H2,1H3,(H,18,19). The van der Waals surface area contributed by atoms with E-state index >= 15 is 0 Å². The van der Waals surface area contributed by atoms with Crippen molar-refractivity contribution < 1.29 is 4.79 Å². The predicted molar refractivity (Wildman–Crippen MR) is 78.5 cm³/mol. The van der Waals surface area contributed by atoms with Gasteiger partial charge in [-0.3, -0.25) is 4.79 Å². The summed E-state index contributed by atoms with van der Waals surface area (Å²) in [5.41, 5.74) is 8.73. The highest BCUT2D eigenvalue weighted by Crippen LogP contribution is 2.19. The van der Waals surface area contributed by atoms with Crippen LogP contribution in [0.3, 0.4) is 0 Å². The van der Waals surface area contributed by atoms with E-state index in [1.807, 2.05) is 37.3 Å². The molecule has 0 aliphatic carbocycles. The number of carbonyl (C=O) groups is 1. The number of nitrogens with one attached hydrogen (secondary N) is 1. The monoisotopic (exact) mass is 274 g/mol. The Balaban J connectivity index is 2.20. The summed E-state index contributed by atoms with van der Waals surface area (Å²) in [7, 11) is 0. The van der Waals surface area contributed by atoms with Gasteiger partial charge in [0.2, 0.25) is 0 Å². The first-order chi connectivity index (χ1) is 9.10. The zero-order valence-electron chi connectivity index (χ0n) is 10.6. The molecule has 2 aromatic carbocycles. The van der Waals surface area contributed by atoms with Gasteiger partial charge in [0.15, 0.2) is 0 Å². The van der Waals surface area contributed by atoms with Crippen molar-refractivity contribution in [1.29, 1.82) is 0 Å². The molecule has 0 aliphatic heterocycles. The predicted octanol–water partition coefficient (Wildman–Crippen LogP) is 3.36. The Labute approximate surface area is 117 Å². The van der Waals surface area contributed by atoms with Gasteiger partial charge in [-0.05, 0) is 42.3 Å². The number of nitrogens with two attached hydrogens (primary N) is 1. The highest BCUT2D eigenvalue weighted by Gasteiger charge is 2.10. The Hall–Kier alpha value is -1.84. The number of rotatable bonds is 3. The summed E-state index contributed by atoms with van der Waals surface area (Å²) in [6, 6.07) is 12.8. The van der Waals surface area contributed by atoms with Crippen LogP contribution in [0.1, 0.15) is 21.5 Å². The minimum Gasteiger partial charge on any atom is -0.326 e. The summed E-state index contributed by atoms with van der Waals surface area (Å²) in [4.78, 5) is 12.1. The van der Waals surface area contributed by atoms with Crippen LogP contribution < -0.4 is 11.1 Å². The molecule has 4 heteroatoms. The van der Waals surface area contributed by atoms with Gasteiger partial charge in [-0.15, -0.1) is 0 Å². The summed E-state index contributed by atoms with van der Waals surface area (Å²) in [5.74, 6) is -0.223. The van der Waals surface area contributed by atoms with E-state index in [9.17, 15) is 4.79 Å². The minimum atomic E-state index is -0.223. The van der Waals surface area contributed by atoms with Gasteiger partial charge in [0.1, 0.15) is 0 Å². The van der Waals surface area contributed by atoms with Gasteiger partial charge >= 0.3 is 0 Å². The normalized spacial score (nSPS) is 10.3. The van der Waals surface area contributed by atoms with Crippen molar-refractivity contribution in [2.75, 3.05) is 5.32 Å². The number of amides is 1. The first-order valence-corrected chi connectivity index (χ1v) is 6.34. The van der Waals surface area contributed by atoms with Crippen molar-refractivity contribution in [1.82, 2.24) is 0 Å². The van der Waals surface area contributed by atoms with Gasteiger partial charge < -0.3 is 11.1 Å². The third-order valence-corrected chi connectivity index (χ3v) is 3.10. The quantitative estimate of drug-likeness (QED) is 0.902. The molecule has 1 amide bonds. The lowest BCUT2D eigenvalue weighted by Crippen LogP contribution is -2.12. The first-order valence-electron chi connectivity index (χ1n) is 5.96.